The highest BCUT2D eigenvalue weighted by atomic mass is 16.8. The average molecular weight is 1320 g/mol. The Kier molecular flexibility index (Phi) is 25.4. The molecule has 96 heavy (non-hydrogen) atoms. The smallest absolute Gasteiger partial charge is 0.338 e. The Morgan fingerprint density at radius 3 is 1.25 bits per heavy atom. The van der Waals surface area contributed by atoms with E-state index in [0.717, 1.165) is 33.4 Å². The van der Waals surface area contributed by atoms with Crippen LogP contribution in [0.5, 0.6) is 0 Å². The zero-order chi connectivity index (χ0) is 66.8. The highest BCUT2D eigenvalue weighted by Crippen LogP contribution is 2.40. The quantitative estimate of drug-likeness (QED) is 0.0282. The Balaban J connectivity index is 1.02. The Morgan fingerprint density at radius 1 is 0.396 bits per heavy atom. The molecule has 7 aromatic carbocycles. The lowest BCUT2D eigenvalue weighted by molar-refractivity contribution is -0.390. The lowest BCUT2D eigenvalue weighted by Gasteiger charge is -2.51. The number of rotatable bonds is 29. The van der Waals surface area contributed by atoms with Crippen molar-refractivity contribution < 1.29 is 96.3 Å². The Morgan fingerprint density at radius 2 is 0.781 bits per heavy atom. The van der Waals surface area contributed by atoms with E-state index in [4.69, 9.17) is 66.3 Å². The van der Waals surface area contributed by atoms with Crippen LogP contribution in [0.3, 0.4) is 0 Å². The van der Waals surface area contributed by atoms with Crippen molar-refractivity contribution in [3.63, 3.8) is 0 Å². The average Bonchev–Trinajstić information content (AvgIpc) is 0.776. The fraction of sp³-hybridized carbons (Fsp3) is 0.413. The molecule has 4 saturated heterocycles. The fourth-order valence-electron chi connectivity index (χ4n) is 12.3. The number of benzene rings is 7. The Bertz CT molecular complexity index is 3410. The van der Waals surface area contributed by atoms with E-state index in [9.17, 15) is 25.2 Å². The van der Waals surface area contributed by atoms with Crippen LogP contribution in [-0.4, -0.2) is 168 Å². The molecule has 4 aliphatic rings. The van der Waals surface area contributed by atoms with Crippen molar-refractivity contribution in [2.75, 3.05) is 13.2 Å². The molecule has 510 valence electrons. The summed E-state index contributed by atoms with van der Waals surface area (Å²) in [5.41, 5.74) is 5.26. The van der Waals surface area contributed by atoms with Crippen molar-refractivity contribution in [3.05, 3.63) is 251 Å². The third kappa shape index (κ3) is 18.5. The molecule has 4 aliphatic heterocycles. The van der Waals surface area contributed by atoms with Crippen molar-refractivity contribution in [3.8, 4) is 0 Å². The molecule has 0 spiro atoms. The van der Waals surface area contributed by atoms with Gasteiger partial charge >= 0.3 is 5.97 Å². The predicted molar refractivity (Wildman–Crippen MR) is 346 cm³/mol. The largest absolute Gasteiger partial charge is 0.450 e. The first kappa shape index (κ1) is 70.1. The topological polar surface area (TPSA) is 256 Å². The molecular weight excluding hydrogens is 1230 g/mol. The van der Waals surface area contributed by atoms with Gasteiger partial charge in [0.05, 0.1) is 70.6 Å². The van der Waals surface area contributed by atoms with Crippen LogP contribution in [0.4, 0.5) is 0 Å². The van der Waals surface area contributed by atoms with Crippen molar-refractivity contribution in [1.82, 2.24) is 5.32 Å². The second-order valence-corrected chi connectivity index (χ2v) is 24.3. The molecule has 4 fully saturated rings. The Labute approximate surface area is 558 Å². The van der Waals surface area contributed by atoms with Gasteiger partial charge in [0, 0.05) is 6.92 Å². The summed E-state index contributed by atoms with van der Waals surface area (Å²) < 4.78 is 95.6. The number of nitrogens with one attached hydrogen (secondary N) is 1. The first-order valence-corrected chi connectivity index (χ1v) is 32.5. The monoisotopic (exact) mass is 1320 g/mol. The van der Waals surface area contributed by atoms with E-state index in [1.807, 2.05) is 182 Å². The summed E-state index contributed by atoms with van der Waals surface area (Å²) in [6.45, 7) is 4.46. The number of hydrogen-bond donors (Lipinski definition) is 5. The second-order valence-electron chi connectivity index (χ2n) is 24.3. The maximum Gasteiger partial charge on any atom is 0.338 e. The summed E-state index contributed by atoms with van der Waals surface area (Å²) in [5, 5.41) is 48.6. The maximum absolute atomic E-state index is 15.0. The van der Waals surface area contributed by atoms with Crippen LogP contribution in [0.1, 0.15) is 64.5 Å². The number of carbonyl (C=O) groups is 2. The minimum absolute atomic E-state index is 0.00361. The SMILES string of the molecule is CC(=O)N[C@@H]1[C@@H](O[C@@H]2O[C@@H](C)[C@H](OCc3ccccc3)[C@@H](O[C@@H]3O[C@@H](C)[C@H](OCc4ccccc4)[C@@H](O[C@H]4O[C@H](COCc5ccccc5)[C@@H](OCc5ccccc5)[C@H](OCc5ccccc5)[C@H]4OCc4ccccc4)[C@H]3OC(=O)c3ccccc3)[C@H]2O)[C@H](O)[C@@H](CO)O[C@H]1O. The molecule has 7 aromatic rings. The number of aliphatic hydroxyl groups excluding tert-OH is 4. The number of hydrogen-bond acceptors (Lipinski definition) is 20. The van der Waals surface area contributed by atoms with E-state index < -0.39 is 141 Å². The van der Waals surface area contributed by atoms with Crippen LogP contribution >= 0.6 is 0 Å². The van der Waals surface area contributed by atoms with E-state index in [1.165, 1.54) is 6.92 Å². The lowest BCUT2D eigenvalue weighted by atomic mass is 9.94. The van der Waals surface area contributed by atoms with Crippen molar-refractivity contribution in [2.45, 2.75) is 183 Å². The third-order valence-electron chi connectivity index (χ3n) is 17.3. The van der Waals surface area contributed by atoms with E-state index >= 15 is 4.79 Å². The van der Waals surface area contributed by atoms with Gasteiger partial charge in [0.2, 0.25) is 5.91 Å². The number of aliphatic hydroxyl groups is 4. The standard InChI is InChI=1S/C75H85NO20/c1-47-62(84-41-51-27-13-5-14-28-51)66(61(80)73(89-47)94-65-59(76-49(3)78)72(82)91-57(39-77)60(65)79)95-75-70(93-71(81)56-37-23-10-24-38-56)68(63(48(2)90-75)85-42-52-29-15-6-16-30-52)96-74-69(88-45-55-35-21-9-22-36-55)67(87-44-54-33-19-8-20-34-54)64(86-43-53-31-17-7-18-32-53)58(92-74)46-83-40-50-25-11-4-12-26-50/h4-38,47-48,57-70,72-75,77,79-80,82H,39-46H2,1-3H3,(H,76,78)/t47-,48-,57+,58+,59+,60+,61+,62-,63-,64+,65+,66-,67-,68+,69+,70+,72+,73-,74+,75-/m0/s1. The van der Waals surface area contributed by atoms with Crippen molar-refractivity contribution in [1.29, 1.82) is 0 Å². The summed E-state index contributed by atoms with van der Waals surface area (Å²) in [5.74, 6) is -1.41. The molecule has 5 N–H and O–H groups in total. The van der Waals surface area contributed by atoms with Gasteiger partial charge < -0.3 is 92.1 Å². The minimum Gasteiger partial charge on any atom is -0.450 e. The highest BCUT2D eigenvalue weighted by Gasteiger charge is 2.58. The van der Waals surface area contributed by atoms with Crippen molar-refractivity contribution >= 4 is 11.9 Å². The zero-order valence-electron chi connectivity index (χ0n) is 53.7. The second kappa shape index (κ2) is 34.8. The summed E-state index contributed by atoms with van der Waals surface area (Å²) in [6, 6.07) is 64.6. The van der Waals surface area contributed by atoms with E-state index in [1.54, 1.807) is 44.2 Å². The highest BCUT2D eigenvalue weighted by molar-refractivity contribution is 5.89. The molecule has 21 nitrogen and oxygen atoms in total. The van der Waals surface area contributed by atoms with Crippen LogP contribution in [0.2, 0.25) is 0 Å². The molecule has 20 atom stereocenters. The van der Waals surface area contributed by atoms with Crippen LogP contribution in [-0.2, 0) is 111 Å². The molecule has 0 bridgehead atoms. The zero-order valence-corrected chi connectivity index (χ0v) is 53.7. The first-order valence-electron chi connectivity index (χ1n) is 32.5. The number of esters is 1. The van der Waals surface area contributed by atoms with Gasteiger partial charge in [0.25, 0.3) is 0 Å². The van der Waals surface area contributed by atoms with Gasteiger partial charge in [-0.05, 0) is 59.4 Å². The van der Waals surface area contributed by atoms with E-state index in [-0.39, 0.29) is 51.8 Å². The molecule has 11 rings (SSSR count). The van der Waals surface area contributed by atoms with Gasteiger partial charge in [-0.3, -0.25) is 4.79 Å². The fourth-order valence-corrected chi connectivity index (χ4v) is 12.3. The van der Waals surface area contributed by atoms with Crippen LogP contribution in [0, 0.1) is 0 Å². The minimum atomic E-state index is -1.85. The van der Waals surface area contributed by atoms with Gasteiger partial charge in [-0.1, -0.05) is 200 Å². The van der Waals surface area contributed by atoms with Gasteiger partial charge in [-0.2, -0.15) is 0 Å². The predicted octanol–water partition coefficient (Wildman–Crippen LogP) is 7.66. The third-order valence-corrected chi connectivity index (χ3v) is 17.3. The molecular formula is C75H85NO20. The molecule has 0 aliphatic carbocycles. The van der Waals surface area contributed by atoms with Crippen molar-refractivity contribution in [2.24, 2.45) is 0 Å². The van der Waals surface area contributed by atoms with Gasteiger partial charge in [-0.25, -0.2) is 4.79 Å². The summed E-state index contributed by atoms with van der Waals surface area (Å²) >= 11 is 0. The molecule has 0 unspecified atom stereocenters. The number of ether oxygens (including phenoxy) is 14. The van der Waals surface area contributed by atoms with E-state index in [0.29, 0.717) is 0 Å². The van der Waals surface area contributed by atoms with Crippen LogP contribution in [0.15, 0.2) is 212 Å². The Hall–Kier alpha value is -7.20. The van der Waals surface area contributed by atoms with Crippen LogP contribution < -0.4 is 5.32 Å². The lowest BCUT2D eigenvalue weighted by Crippen LogP contribution is -2.69. The maximum atomic E-state index is 15.0. The van der Waals surface area contributed by atoms with Gasteiger partial charge in [-0.15, -0.1) is 0 Å². The molecule has 1 amide bonds. The summed E-state index contributed by atoms with van der Waals surface area (Å²) in [6.07, 6.45) is -25.6. The molecule has 0 aromatic heterocycles. The first-order chi connectivity index (χ1) is 46.9. The summed E-state index contributed by atoms with van der Waals surface area (Å²) in [4.78, 5) is 27.7. The number of amides is 1. The van der Waals surface area contributed by atoms with Gasteiger partial charge in [0.15, 0.2) is 31.3 Å². The molecule has 0 saturated carbocycles. The summed E-state index contributed by atoms with van der Waals surface area (Å²) in [7, 11) is 0. The molecule has 0 radical (unpaired) electrons. The normalized spacial score (nSPS) is 30.7. The van der Waals surface area contributed by atoms with Gasteiger partial charge in [0.1, 0.15) is 79.3 Å². The number of carbonyl (C=O) groups excluding carboxylic acids is 2. The van der Waals surface area contributed by atoms with Crippen LogP contribution in [0.25, 0.3) is 0 Å². The molecule has 4 heterocycles. The molecule has 21 heteroatoms. The van der Waals surface area contributed by atoms with E-state index in [2.05, 4.69) is 5.32 Å².